The minimum absolute atomic E-state index is 0.517. The highest BCUT2D eigenvalue weighted by molar-refractivity contribution is 6.32. The van der Waals surface area contributed by atoms with Crippen LogP contribution in [0.3, 0.4) is 0 Å². The molecule has 0 saturated carbocycles. The van der Waals surface area contributed by atoms with Gasteiger partial charge >= 0.3 is 0 Å². The molecule has 0 bridgehead atoms. The lowest BCUT2D eigenvalue weighted by molar-refractivity contribution is 0.228. The molecule has 0 spiro atoms. The number of halogens is 1. The Kier molecular flexibility index (Phi) is 5.50. The Bertz CT molecular complexity index is 447. The van der Waals surface area contributed by atoms with Crippen LogP contribution in [0.2, 0.25) is 5.02 Å². The third-order valence-corrected chi connectivity index (χ3v) is 3.86. The van der Waals surface area contributed by atoms with E-state index in [1.807, 2.05) is 12.1 Å². The maximum atomic E-state index is 9.08. The molecule has 19 heavy (non-hydrogen) atoms. The van der Waals surface area contributed by atoms with Crippen molar-refractivity contribution >= 4 is 17.3 Å². The van der Waals surface area contributed by atoms with Gasteiger partial charge in [-0.15, -0.1) is 0 Å². The molecule has 102 valence electrons. The smallest absolute Gasteiger partial charge is 0.103 e. The van der Waals surface area contributed by atoms with Gasteiger partial charge in [-0.3, -0.25) is 0 Å². The van der Waals surface area contributed by atoms with Crippen LogP contribution in [-0.4, -0.2) is 31.1 Å². The summed E-state index contributed by atoms with van der Waals surface area (Å²) in [6.45, 7) is 4.49. The number of nitriles is 1. The largest absolute Gasteiger partial charge is 0.384 e. The molecular weight excluding hydrogens is 258 g/mol. The predicted molar refractivity (Wildman–Crippen MR) is 79.6 cm³/mol. The summed E-state index contributed by atoms with van der Waals surface area (Å²) in [5.74, 6) is 0. The molecule has 1 saturated heterocycles. The molecule has 0 amide bonds. The number of likely N-dealkylation sites (tertiary alicyclic amines) is 1. The molecule has 0 aromatic heterocycles. The first-order chi connectivity index (χ1) is 9.31. The quantitative estimate of drug-likeness (QED) is 0.837. The molecule has 0 radical (unpaired) electrons. The van der Waals surface area contributed by atoms with Crippen LogP contribution in [-0.2, 0) is 0 Å². The van der Waals surface area contributed by atoms with Gasteiger partial charge in [0.05, 0.1) is 16.3 Å². The van der Waals surface area contributed by atoms with E-state index in [0.29, 0.717) is 10.6 Å². The van der Waals surface area contributed by atoms with Crippen molar-refractivity contribution in [3.63, 3.8) is 0 Å². The Morgan fingerprint density at radius 3 is 2.79 bits per heavy atom. The van der Waals surface area contributed by atoms with Crippen molar-refractivity contribution < 1.29 is 0 Å². The van der Waals surface area contributed by atoms with Crippen molar-refractivity contribution in [3.8, 4) is 6.07 Å². The molecule has 1 aliphatic heterocycles. The van der Waals surface area contributed by atoms with Gasteiger partial charge in [-0.05, 0) is 51.0 Å². The molecule has 3 nitrogen and oxygen atoms in total. The maximum absolute atomic E-state index is 9.08. The fourth-order valence-electron chi connectivity index (χ4n) is 2.49. The highest BCUT2D eigenvalue weighted by atomic mass is 35.5. The number of nitrogens with one attached hydrogen (secondary N) is 1. The lowest BCUT2D eigenvalue weighted by Gasteiger charge is -2.26. The molecule has 1 N–H and O–H groups in total. The Balaban J connectivity index is 1.76. The topological polar surface area (TPSA) is 39.1 Å². The van der Waals surface area contributed by atoms with E-state index in [1.165, 1.54) is 32.4 Å². The Morgan fingerprint density at radius 2 is 2.05 bits per heavy atom. The molecule has 1 aromatic rings. The highest BCUT2D eigenvalue weighted by Gasteiger charge is 2.09. The van der Waals surface area contributed by atoms with Crippen LogP contribution in [0.1, 0.15) is 31.2 Å². The predicted octanol–water partition coefficient (Wildman–Crippen LogP) is 3.50. The minimum atomic E-state index is 0.517. The van der Waals surface area contributed by atoms with Gasteiger partial charge in [-0.2, -0.15) is 5.26 Å². The van der Waals surface area contributed by atoms with Gasteiger partial charge in [0.2, 0.25) is 0 Å². The molecule has 0 aliphatic carbocycles. The lowest BCUT2D eigenvalue weighted by atomic mass is 10.1. The molecule has 0 atom stereocenters. The highest BCUT2D eigenvalue weighted by Crippen LogP contribution is 2.23. The van der Waals surface area contributed by atoms with Gasteiger partial charge in [0.1, 0.15) is 6.07 Å². The first kappa shape index (κ1) is 14.2. The Labute approximate surface area is 120 Å². The summed E-state index contributed by atoms with van der Waals surface area (Å²) in [5.41, 5.74) is 1.38. The molecule has 0 unspecified atom stereocenters. The second kappa shape index (κ2) is 7.37. The molecule has 1 aromatic carbocycles. The van der Waals surface area contributed by atoms with Crippen molar-refractivity contribution in [2.45, 2.75) is 25.7 Å². The third-order valence-electron chi connectivity index (χ3n) is 3.54. The first-order valence-electron chi connectivity index (χ1n) is 6.96. The zero-order valence-electron chi connectivity index (χ0n) is 11.2. The molecule has 1 fully saturated rings. The SMILES string of the molecule is N#Cc1c(Cl)cccc1NCCCN1CCCCC1. The average molecular weight is 278 g/mol. The van der Waals surface area contributed by atoms with E-state index in [4.69, 9.17) is 16.9 Å². The molecule has 2 rings (SSSR count). The molecular formula is C15H20ClN3. The second-order valence-corrected chi connectivity index (χ2v) is 5.36. The summed E-state index contributed by atoms with van der Waals surface area (Å²) in [5, 5.41) is 12.9. The second-order valence-electron chi connectivity index (χ2n) is 4.96. The number of nitrogens with zero attached hydrogens (tertiary/aromatic N) is 2. The number of hydrogen-bond donors (Lipinski definition) is 1. The van der Waals surface area contributed by atoms with Crippen molar-refractivity contribution in [3.05, 3.63) is 28.8 Å². The Morgan fingerprint density at radius 1 is 1.26 bits per heavy atom. The number of rotatable bonds is 5. The van der Waals surface area contributed by atoms with Gasteiger partial charge in [0, 0.05) is 6.54 Å². The first-order valence-corrected chi connectivity index (χ1v) is 7.34. The van der Waals surface area contributed by atoms with Gasteiger partial charge in [-0.25, -0.2) is 0 Å². The number of hydrogen-bond acceptors (Lipinski definition) is 3. The fraction of sp³-hybridized carbons (Fsp3) is 0.533. The summed E-state index contributed by atoms with van der Waals surface area (Å²) >= 11 is 5.99. The zero-order chi connectivity index (χ0) is 13.5. The third kappa shape index (κ3) is 4.12. The van der Waals surface area contributed by atoms with Gasteiger partial charge in [0.25, 0.3) is 0 Å². The fourth-order valence-corrected chi connectivity index (χ4v) is 2.71. The van der Waals surface area contributed by atoms with Gasteiger partial charge in [0.15, 0.2) is 0 Å². The van der Waals surface area contributed by atoms with Crippen molar-refractivity contribution in [2.24, 2.45) is 0 Å². The van der Waals surface area contributed by atoms with E-state index in [0.717, 1.165) is 25.2 Å². The summed E-state index contributed by atoms with van der Waals surface area (Å²) in [6.07, 6.45) is 5.14. The summed E-state index contributed by atoms with van der Waals surface area (Å²) in [7, 11) is 0. The van der Waals surface area contributed by atoms with Gasteiger partial charge in [-0.1, -0.05) is 24.1 Å². The van der Waals surface area contributed by atoms with E-state index in [-0.39, 0.29) is 0 Å². The van der Waals surface area contributed by atoms with Crippen LogP contribution in [0.4, 0.5) is 5.69 Å². The van der Waals surface area contributed by atoms with Gasteiger partial charge < -0.3 is 10.2 Å². The normalized spacial score (nSPS) is 16.0. The van der Waals surface area contributed by atoms with Crippen molar-refractivity contribution in [2.75, 3.05) is 31.5 Å². The summed E-state index contributed by atoms with van der Waals surface area (Å²) in [4.78, 5) is 2.52. The van der Waals surface area contributed by atoms with E-state index in [2.05, 4.69) is 16.3 Å². The Hall–Kier alpha value is -1.24. The summed E-state index contributed by atoms with van der Waals surface area (Å²) in [6, 6.07) is 7.68. The molecule has 1 aliphatic rings. The van der Waals surface area contributed by atoms with E-state index in [1.54, 1.807) is 6.07 Å². The number of piperidine rings is 1. The van der Waals surface area contributed by atoms with Crippen molar-refractivity contribution in [1.82, 2.24) is 4.90 Å². The van der Waals surface area contributed by atoms with Crippen LogP contribution in [0.15, 0.2) is 18.2 Å². The minimum Gasteiger partial charge on any atom is -0.384 e. The van der Waals surface area contributed by atoms with Crippen molar-refractivity contribution in [1.29, 1.82) is 5.26 Å². The standard InChI is InChI=1S/C15H20ClN3/c16-14-6-4-7-15(13(14)12-17)18-8-5-11-19-9-2-1-3-10-19/h4,6-7,18H,1-3,5,8-11H2. The summed E-state index contributed by atoms with van der Waals surface area (Å²) < 4.78 is 0. The van der Waals surface area contributed by atoms with Crippen LogP contribution < -0.4 is 5.32 Å². The van der Waals surface area contributed by atoms with E-state index in [9.17, 15) is 0 Å². The van der Waals surface area contributed by atoms with Crippen LogP contribution in [0.25, 0.3) is 0 Å². The zero-order valence-corrected chi connectivity index (χ0v) is 11.9. The van der Waals surface area contributed by atoms with Crippen LogP contribution in [0.5, 0.6) is 0 Å². The van der Waals surface area contributed by atoms with Crippen LogP contribution in [0, 0.1) is 11.3 Å². The lowest BCUT2D eigenvalue weighted by Crippen LogP contribution is -2.31. The molecule has 1 heterocycles. The molecule has 4 heteroatoms. The monoisotopic (exact) mass is 277 g/mol. The number of benzene rings is 1. The maximum Gasteiger partial charge on any atom is 0.103 e. The van der Waals surface area contributed by atoms with Crippen LogP contribution >= 0.6 is 11.6 Å². The van der Waals surface area contributed by atoms with E-state index >= 15 is 0 Å². The average Bonchev–Trinajstić information content (AvgIpc) is 2.45. The van der Waals surface area contributed by atoms with E-state index < -0.39 is 0 Å². The number of anilines is 1.